The Bertz CT molecular complexity index is 528. The molecule has 0 heterocycles. The molecule has 0 saturated heterocycles. The number of ether oxygens (including phenoxy) is 2. The molecule has 0 bridgehead atoms. The van der Waals surface area contributed by atoms with Gasteiger partial charge in [-0.3, -0.25) is 0 Å². The molecular formula is C15H20O8. The number of hydrogen-bond acceptors (Lipinski definition) is 7. The highest BCUT2D eigenvalue weighted by molar-refractivity contribution is 5.85. The molecule has 0 aliphatic rings. The second-order valence-electron chi connectivity index (χ2n) is 4.67. The topological polar surface area (TPSA) is 137 Å². The van der Waals surface area contributed by atoms with Crippen LogP contribution in [-0.2, 0) is 4.79 Å². The van der Waals surface area contributed by atoms with E-state index in [-0.39, 0.29) is 24.7 Å². The van der Waals surface area contributed by atoms with Gasteiger partial charge in [0, 0.05) is 6.08 Å². The van der Waals surface area contributed by atoms with Crippen molar-refractivity contribution >= 4 is 12.0 Å². The fourth-order valence-corrected chi connectivity index (χ4v) is 1.51. The summed E-state index contributed by atoms with van der Waals surface area (Å²) in [5.41, 5.74) is 0.524. The third-order valence-corrected chi connectivity index (χ3v) is 2.67. The summed E-state index contributed by atoms with van der Waals surface area (Å²) in [4.78, 5) is 10.5. The fourth-order valence-electron chi connectivity index (χ4n) is 1.51. The Kier molecular flexibility index (Phi) is 8.06. The van der Waals surface area contributed by atoms with E-state index < -0.39 is 31.4 Å². The molecule has 0 radical (unpaired) electrons. The van der Waals surface area contributed by atoms with Gasteiger partial charge < -0.3 is 35.0 Å². The second kappa shape index (κ2) is 9.80. The molecule has 8 nitrogen and oxygen atoms in total. The Hall–Kier alpha value is -2.13. The van der Waals surface area contributed by atoms with Crippen LogP contribution in [0.2, 0.25) is 0 Å². The highest BCUT2D eigenvalue weighted by Crippen LogP contribution is 2.29. The molecule has 0 aromatic heterocycles. The van der Waals surface area contributed by atoms with Gasteiger partial charge in [0.1, 0.15) is 25.4 Å². The Morgan fingerprint density at radius 1 is 1.04 bits per heavy atom. The van der Waals surface area contributed by atoms with E-state index in [1.54, 1.807) is 6.07 Å². The lowest BCUT2D eigenvalue weighted by atomic mass is 10.2. The lowest BCUT2D eigenvalue weighted by Crippen LogP contribution is -2.23. The van der Waals surface area contributed by atoms with Gasteiger partial charge in [0.15, 0.2) is 11.5 Å². The molecule has 1 rings (SSSR count). The molecular weight excluding hydrogens is 308 g/mol. The quantitative estimate of drug-likeness (QED) is 0.354. The smallest absolute Gasteiger partial charge is 0.328 e. The first-order valence-corrected chi connectivity index (χ1v) is 6.84. The molecule has 0 amide bonds. The van der Waals surface area contributed by atoms with E-state index >= 15 is 0 Å². The highest BCUT2D eigenvalue weighted by Gasteiger charge is 2.11. The van der Waals surface area contributed by atoms with Crippen LogP contribution in [0, 0.1) is 0 Å². The van der Waals surface area contributed by atoms with Crippen molar-refractivity contribution in [3.63, 3.8) is 0 Å². The first-order valence-electron chi connectivity index (χ1n) is 6.84. The first-order chi connectivity index (χ1) is 11.0. The summed E-state index contributed by atoms with van der Waals surface area (Å²) in [5, 5.41) is 44.8. The van der Waals surface area contributed by atoms with Crippen molar-refractivity contribution in [1.82, 2.24) is 0 Å². The average molecular weight is 328 g/mol. The normalized spacial score (nSPS) is 13.7. The van der Waals surface area contributed by atoms with Gasteiger partial charge in [-0.1, -0.05) is 6.07 Å². The summed E-state index contributed by atoms with van der Waals surface area (Å²) in [6.45, 7) is -1.29. The first kappa shape index (κ1) is 18.9. The van der Waals surface area contributed by atoms with Crippen LogP contribution in [-0.4, -0.2) is 70.1 Å². The molecule has 0 saturated carbocycles. The number of carbonyl (C=O) groups is 1. The van der Waals surface area contributed by atoms with Gasteiger partial charge in [-0.15, -0.1) is 0 Å². The van der Waals surface area contributed by atoms with Gasteiger partial charge in [-0.2, -0.15) is 0 Å². The molecule has 5 N–H and O–H groups in total. The monoisotopic (exact) mass is 328 g/mol. The van der Waals surface area contributed by atoms with Crippen LogP contribution >= 0.6 is 0 Å². The summed E-state index contributed by atoms with van der Waals surface area (Å²) in [7, 11) is 0. The van der Waals surface area contributed by atoms with E-state index in [1.165, 1.54) is 18.2 Å². The third-order valence-electron chi connectivity index (χ3n) is 2.67. The molecule has 1 aromatic carbocycles. The Balaban J connectivity index is 2.90. The summed E-state index contributed by atoms with van der Waals surface area (Å²) >= 11 is 0. The molecule has 0 aliphatic heterocycles. The number of rotatable bonds is 10. The minimum atomic E-state index is -1.10. The van der Waals surface area contributed by atoms with E-state index in [1.807, 2.05) is 0 Å². The van der Waals surface area contributed by atoms with E-state index in [4.69, 9.17) is 24.8 Å². The predicted octanol–water partition coefficient (Wildman–Crippen LogP) is -0.752. The van der Waals surface area contributed by atoms with Gasteiger partial charge in [-0.05, 0) is 23.8 Å². The molecule has 128 valence electrons. The van der Waals surface area contributed by atoms with Gasteiger partial charge >= 0.3 is 5.97 Å². The number of aliphatic carboxylic acids is 1. The van der Waals surface area contributed by atoms with Crippen molar-refractivity contribution in [2.24, 2.45) is 0 Å². The Morgan fingerprint density at radius 2 is 1.61 bits per heavy atom. The molecule has 23 heavy (non-hydrogen) atoms. The molecule has 1 aromatic rings. The van der Waals surface area contributed by atoms with Crippen LogP contribution in [0.15, 0.2) is 24.3 Å². The molecule has 2 atom stereocenters. The van der Waals surface area contributed by atoms with Gasteiger partial charge in [0.05, 0.1) is 13.2 Å². The Morgan fingerprint density at radius 3 is 2.13 bits per heavy atom. The number of aliphatic hydroxyl groups excluding tert-OH is 4. The van der Waals surface area contributed by atoms with Crippen molar-refractivity contribution in [2.75, 3.05) is 26.4 Å². The standard InChI is InChI=1S/C15H20O8/c16-6-11(18)8-22-13-3-1-10(2-4-15(20)21)5-14(13)23-9-12(19)7-17/h1-5,11-12,16-19H,6-9H2,(H,20,21). The minimum absolute atomic E-state index is 0.167. The zero-order valence-electron chi connectivity index (χ0n) is 12.3. The minimum Gasteiger partial charge on any atom is -0.487 e. The summed E-state index contributed by atoms with van der Waals surface area (Å²) in [5.74, 6) is -0.653. The van der Waals surface area contributed by atoms with Crippen LogP contribution in [0.3, 0.4) is 0 Å². The summed E-state index contributed by atoms with van der Waals surface area (Å²) < 4.78 is 10.7. The summed E-state index contributed by atoms with van der Waals surface area (Å²) in [6, 6.07) is 4.58. The van der Waals surface area contributed by atoms with Crippen LogP contribution in [0.25, 0.3) is 6.08 Å². The SMILES string of the molecule is O=C(O)C=Cc1ccc(OCC(O)CO)c(OCC(O)CO)c1. The van der Waals surface area contributed by atoms with Crippen LogP contribution in [0.1, 0.15) is 5.56 Å². The van der Waals surface area contributed by atoms with E-state index in [0.717, 1.165) is 6.08 Å². The van der Waals surface area contributed by atoms with E-state index in [2.05, 4.69) is 0 Å². The number of aliphatic hydroxyl groups is 4. The fraction of sp³-hybridized carbons (Fsp3) is 0.400. The molecule has 8 heteroatoms. The maximum atomic E-state index is 10.5. The average Bonchev–Trinajstić information content (AvgIpc) is 2.56. The van der Waals surface area contributed by atoms with Crippen molar-refractivity contribution < 1.29 is 39.8 Å². The largest absolute Gasteiger partial charge is 0.487 e. The lowest BCUT2D eigenvalue weighted by molar-refractivity contribution is -0.131. The van der Waals surface area contributed by atoms with Gasteiger partial charge in [0.25, 0.3) is 0 Å². The van der Waals surface area contributed by atoms with Crippen molar-refractivity contribution in [3.8, 4) is 11.5 Å². The lowest BCUT2D eigenvalue weighted by Gasteiger charge is -2.16. The zero-order chi connectivity index (χ0) is 17.2. The number of benzene rings is 1. The molecule has 0 fully saturated rings. The summed E-state index contributed by atoms with van der Waals surface area (Å²) in [6.07, 6.45) is 0.170. The molecule has 0 aliphatic carbocycles. The van der Waals surface area contributed by atoms with Crippen LogP contribution in [0.4, 0.5) is 0 Å². The van der Waals surface area contributed by atoms with Crippen molar-refractivity contribution in [3.05, 3.63) is 29.8 Å². The second-order valence-corrected chi connectivity index (χ2v) is 4.67. The maximum Gasteiger partial charge on any atom is 0.328 e. The predicted molar refractivity (Wildman–Crippen MR) is 80.3 cm³/mol. The Labute approximate surface area is 132 Å². The van der Waals surface area contributed by atoms with Crippen LogP contribution < -0.4 is 9.47 Å². The third kappa shape index (κ3) is 7.11. The molecule has 2 unspecified atom stereocenters. The molecule has 0 spiro atoms. The highest BCUT2D eigenvalue weighted by atomic mass is 16.5. The van der Waals surface area contributed by atoms with Crippen molar-refractivity contribution in [2.45, 2.75) is 12.2 Å². The van der Waals surface area contributed by atoms with Crippen molar-refractivity contribution in [1.29, 1.82) is 0 Å². The number of carboxylic acid groups (broad SMARTS) is 1. The zero-order valence-corrected chi connectivity index (χ0v) is 12.3. The number of carboxylic acids is 1. The van der Waals surface area contributed by atoms with E-state index in [0.29, 0.717) is 5.56 Å². The van der Waals surface area contributed by atoms with Gasteiger partial charge in [0.2, 0.25) is 0 Å². The van der Waals surface area contributed by atoms with Gasteiger partial charge in [-0.25, -0.2) is 4.79 Å². The van der Waals surface area contributed by atoms with E-state index in [9.17, 15) is 15.0 Å². The maximum absolute atomic E-state index is 10.5. The van der Waals surface area contributed by atoms with Crippen LogP contribution in [0.5, 0.6) is 11.5 Å². The number of hydrogen-bond donors (Lipinski definition) is 5.